The lowest BCUT2D eigenvalue weighted by Crippen LogP contribution is -2.55. The third-order valence-electron chi connectivity index (χ3n) is 5.43. The Balaban J connectivity index is 0.00000341. The molecule has 3 rings (SSSR count). The van der Waals surface area contributed by atoms with E-state index in [1.54, 1.807) is 19.2 Å². The molecule has 2 heterocycles. The van der Waals surface area contributed by atoms with Crippen molar-refractivity contribution < 1.29 is 23.8 Å². The molecule has 1 aromatic rings. The van der Waals surface area contributed by atoms with Gasteiger partial charge in [0, 0.05) is 46.4 Å². The summed E-state index contributed by atoms with van der Waals surface area (Å²) in [6.07, 6.45) is 1.50. The Morgan fingerprint density at radius 1 is 1.19 bits per heavy atom. The van der Waals surface area contributed by atoms with Crippen LogP contribution in [0.3, 0.4) is 0 Å². The minimum Gasteiger partial charge on any atom is -0.496 e. The Labute approximate surface area is 200 Å². The third kappa shape index (κ3) is 6.22. The molecule has 2 aliphatic heterocycles. The molecular formula is C21H31IN4O5. The van der Waals surface area contributed by atoms with E-state index in [0.717, 1.165) is 24.4 Å². The molecule has 0 radical (unpaired) electrons. The number of guanidine groups is 1. The minimum absolute atomic E-state index is 0. The number of carbonyl (C=O) groups excluding carboxylic acids is 2. The summed E-state index contributed by atoms with van der Waals surface area (Å²) in [5, 5.41) is 3.33. The van der Waals surface area contributed by atoms with Crippen LogP contribution in [0.2, 0.25) is 0 Å². The fourth-order valence-corrected chi connectivity index (χ4v) is 3.76. The molecule has 0 aliphatic carbocycles. The van der Waals surface area contributed by atoms with E-state index in [0.29, 0.717) is 50.6 Å². The fourth-order valence-electron chi connectivity index (χ4n) is 3.76. The first kappa shape index (κ1) is 25.2. The van der Waals surface area contributed by atoms with E-state index in [9.17, 15) is 9.59 Å². The van der Waals surface area contributed by atoms with Crippen molar-refractivity contribution in [2.45, 2.75) is 25.5 Å². The maximum Gasteiger partial charge on any atom is 0.341 e. The molecule has 10 heteroatoms. The Morgan fingerprint density at radius 2 is 1.90 bits per heavy atom. The molecule has 2 saturated heterocycles. The molecule has 1 aromatic carbocycles. The molecule has 1 amide bonds. The van der Waals surface area contributed by atoms with Crippen LogP contribution in [0, 0.1) is 0 Å². The predicted molar refractivity (Wildman–Crippen MR) is 127 cm³/mol. The van der Waals surface area contributed by atoms with Crippen LogP contribution in [-0.2, 0) is 20.8 Å². The second kappa shape index (κ2) is 12.1. The Kier molecular flexibility index (Phi) is 9.82. The minimum atomic E-state index is -0.440. The van der Waals surface area contributed by atoms with Crippen molar-refractivity contribution in [2.75, 3.05) is 54.1 Å². The molecule has 172 valence electrons. The summed E-state index contributed by atoms with van der Waals surface area (Å²) in [7, 11) is 4.60. The molecule has 0 aromatic heterocycles. The van der Waals surface area contributed by atoms with Crippen LogP contribution in [0.15, 0.2) is 23.2 Å². The number of hydrogen-bond donors (Lipinski definition) is 1. The number of nitrogens with one attached hydrogen (secondary N) is 1. The van der Waals surface area contributed by atoms with Gasteiger partial charge >= 0.3 is 5.97 Å². The summed E-state index contributed by atoms with van der Waals surface area (Å²) in [5.74, 6) is 0.894. The molecule has 2 fully saturated rings. The summed E-state index contributed by atoms with van der Waals surface area (Å²) >= 11 is 0. The topological polar surface area (TPSA) is 92.7 Å². The first-order valence-corrected chi connectivity index (χ1v) is 10.2. The molecule has 1 unspecified atom stereocenters. The van der Waals surface area contributed by atoms with E-state index in [1.807, 2.05) is 11.0 Å². The number of nitrogens with zero attached hydrogens (tertiary/aromatic N) is 3. The quantitative estimate of drug-likeness (QED) is 0.259. The Bertz CT molecular complexity index is 790. The van der Waals surface area contributed by atoms with Crippen molar-refractivity contribution in [1.82, 2.24) is 15.1 Å². The monoisotopic (exact) mass is 546 g/mol. The Morgan fingerprint density at radius 3 is 2.48 bits per heavy atom. The van der Waals surface area contributed by atoms with Crippen LogP contribution in [0.1, 0.15) is 28.8 Å². The molecule has 0 saturated carbocycles. The van der Waals surface area contributed by atoms with Gasteiger partial charge < -0.3 is 29.3 Å². The van der Waals surface area contributed by atoms with Gasteiger partial charge in [-0.3, -0.25) is 9.79 Å². The van der Waals surface area contributed by atoms with Crippen LogP contribution in [0.5, 0.6) is 5.75 Å². The lowest BCUT2D eigenvalue weighted by molar-refractivity contribution is -0.142. The van der Waals surface area contributed by atoms with Gasteiger partial charge in [0.2, 0.25) is 0 Å². The van der Waals surface area contributed by atoms with Crippen LogP contribution in [-0.4, -0.2) is 87.8 Å². The van der Waals surface area contributed by atoms with Gasteiger partial charge in [-0.15, -0.1) is 24.0 Å². The highest BCUT2D eigenvalue weighted by atomic mass is 127. The predicted octanol–water partition coefficient (Wildman–Crippen LogP) is 1.50. The molecule has 2 aliphatic rings. The molecule has 1 N–H and O–H groups in total. The van der Waals surface area contributed by atoms with E-state index in [4.69, 9.17) is 14.2 Å². The SMILES string of the molecule is CN=C(NCc1ccc(OC)c(C(=O)OC)c1)N1CCN(C(=O)C2CCCO2)CC1.I. The molecule has 9 nitrogen and oxygen atoms in total. The smallest absolute Gasteiger partial charge is 0.341 e. The van der Waals surface area contributed by atoms with E-state index in [-0.39, 0.29) is 36.0 Å². The molecule has 1 atom stereocenters. The van der Waals surface area contributed by atoms with E-state index in [1.165, 1.54) is 14.2 Å². The average Bonchev–Trinajstić information content (AvgIpc) is 3.33. The van der Waals surface area contributed by atoms with Crippen molar-refractivity contribution in [3.05, 3.63) is 29.3 Å². The van der Waals surface area contributed by atoms with E-state index < -0.39 is 5.97 Å². The molecular weight excluding hydrogens is 515 g/mol. The first-order valence-electron chi connectivity index (χ1n) is 10.2. The van der Waals surface area contributed by atoms with Crippen LogP contribution in [0.4, 0.5) is 0 Å². The zero-order chi connectivity index (χ0) is 21.5. The lowest BCUT2D eigenvalue weighted by atomic mass is 10.1. The molecule has 31 heavy (non-hydrogen) atoms. The largest absolute Gasteiger partial charge is 0.496 e. The summed E-state index contributed by atoms with van der Waals surface area (Å²) in [6, 6.07) is 5.40. The summed E-state index contributed by atoms with van der Waals surface area (Å²) in [4.78, 5) is 32.9. The normalized spacial score (nSPS) is 18.9. The van der Waals surface area contributed by atoms with Gasteiger partial charge in [-0.25, -0.2) is 4.79 Å². The first-order chi connectivity index (χ1) is 14.6. The van der Waals surface area contributed by atoms with E-state index in [2.05, 4.69) is 15.2 Å². The Hall–Kier alpha value is -2.08. The highest BCUT2D eigenvalue weighted by molar-refractivity contribution is 14.0. The zero-order valence-corrected chi connectivity index (χ0v) is 20.6. The maximum atomic E-state index is 12.5. The van der Waals surface area contributed by atoms with Gasteiger partial charge in [-0.2, -0.15) is 0 Å². The van der Waals surface area contributed by atoms with Gasteiger partial charge in [0.1, 0.15) is 17.4 Å². The highest BCUT2D eigenvalue weighted by Crippen LogP contribution is 2.21. The number of amides is 1. The van der Waals surface area contributed by atoms with Crippen molar-refractivity contribution in [2.24, 2.45) is 4.99 Å². The van der Waals surface area contributed by atoms with Crippen LogP contribution in [0.25, 0.3) is 0 Å². The number of methoxy groups -OCH3 is 2. The highest BCUT2D eigenvalue weighted by Gasteiger charge is 2.30. The number of ether oxygens (including phenoxy) is 3. The summed E-state index contributed by atoms with van der Waals surface area (Å²) in [6.45, 7) is 3.87. The second-order valence-corrected chi connectivity index (χ2v) is 7.24. The molecule has 0 spiro atoms. The number of piperazine rings is 1. The third-order valence-corrected chi connectivity index (χ3v) is 5.43. The molecule has 0 bridgehead atoms. The summed E-state index contributed by atoms with van der Waals surface area (Å²) in [5.41, 5.74) is 1.29. The second-order valence-electron chi connectivity index (χ2n) is 7.24. The maximum absolute atomic E-state index is 12.5. The standard InChI is InChI=1S/C21H30N4O5.HI/c1-22-21(23-14-15-6-7-17(28-2)16(13-15)20(27)29-3)25-10-8-24(9-11-25)19(26)18-5-4-12-30-18;/h6-7,13,18H,4-5,8-12,14H2,1-3H3,(H,22,23);1H. The number of aliphatic imine (C=N–C) groups is 1. The van der Waals surface area contributed by atoms with Crippen molar-refractivity contribution in [3.63, 3.8) is 0 Å². The van der Waals surface area contributed by atoms with Crippen molar-refractivity contribution in [3.8, 4) is 5.75 Å². The van der Waals surface area contributed by atoms with Gasteiger partial charge in [0.25, 0.3) is 5.91 Å². The van der Waals surface area contributed by atoms with Crippen LogP contribution < -0.4 is 10.1 Å². The van der Waals surface area contributed by atoms with Crippen molar-refractivity contribution in [1.29, 1.82) is 0 Å². The summed E-state index contributed by atoms with van der Waals surface area (Å²) < 4.78 is 15.6. The van der Waals surface area contributed by atoms with Gasteiger partial charge in [-0.05, 0) is 30.5 Å². The van der Waals surface area contributed by atoms with Gasteiger partial charge in [0.05, 0.1) is 14.2 Å². The number of carbonyl (C=O) groups is 2. The number of esters is 1. The fraction of sp³-hybridized carbons (Fsp3) is 0.571. The number of rotatable bonds is 5. The zero-order valence-electron chi connectivity index (χ0n) is 18.3. The van der Waals surface area contributed by atoms with Gasteiger partial charge in [0.15, 0.2) is 5.96 Å². The van der Waals surface area contributed by atoms with Crippen molar-refractivity contribution >= 4 is 41.8 Å². The van der Waals surface area contributed by atoms with Gasteiger partial charge in [-0.1, -0.05) is 6.07 Å². The lowest BCUT2D eigenvalue weighted by Gasteiger charge is -2.37. The number of benzene rings is 1. The van der Waals surface area contributed by atoms with E-state index >= 15 is 0 Å². The number of hydrogen-bond acceptors (Lipinski definition) is 6. The van der Waals surface area contributed by atoms with Crippen LogP contribution >= 0.6 is 24.0 Å². The average molecular weight is 546 g/mol. The number of halogens is 1.